The number of hydrogen-bond donors (Lipinski definition) is 0. The number of fused-ring (bicyclic) bond motifs is 1. The molecule has 0 bridgehead atoms. The number of hydrogen-bond acceptors (Lipinski definition) is 2. The Morgan fingerprint density at radius 3 is 2.10 bits per heavy atom. The molecule has 0 unspecified atom stereocenters. The molecule has 0 saturated heterocycles. The van der Waals surface area contributed by atoms with Gasteiger partial charge in [0.05, 0.1) is 23.6 Å². The van der Waals surface area contributed by atoms with Crippen LogP contribution in [-0.2, 0) is 6.18 Å². The molecule has 0 spiro atoms. The lowest BCUT2D eigenvalue weighted by Gasteiger charge is -2.20. The predicted molar refractivity (Wildman–Crippen MR) is 73.3 cm³/mol. The van der Waals surface area contributed by atoms with Gasteiger partial charge >= 0.3 is 6.18 Å². The van der Waals surface area contributed by atoms with Crippen LogP contribution in [0.2, 0.25) is 0 Å². The molecule has 0 amide bonds. The summed E-state index contributed by atoms with van der Waals surface area (Å²) in [5.74, 6) is 0. The Hall–Kier alpha value is -2.17. The van der Waals surface area contributed by atoms with E-state index in [2.05, 4.69) is 4.90 Å². The van der Waals surface area contributed by atoms with Crippen LogP contribution in [0.3, 0.4) is 0 Å². The van der Waals surface area contributed by atoms with Crippen molar-refractivity contribution >= 4 is 17.1 Å². The van der Waals surface area contributed by atoms with Crippen LogP contribution in [0.1, 0.15) is 5.56 Å². The number of nitrogens with zero attached hydrogens (tertiary/aromatic N) is 2. The van der Waals surface area contributed by atoms with Crippen LogP contribution >= 0.6 is 0 Å². The summed E-state index contributed by atoms with van der Waals surface area (Å²) in [5, 5.41) is 0. The van der Waals surface area contributed by atoms with Crippen molar-refractivity contribution in [2.75, 3.05) is 23.5 Å². The van der Waals surface area contributed by atoms with E-state index in [9.17, 15) is 13.2 Å². The molecular formula is C15H13F3N2. The second-order valence-electron chi connectivity index (χ2n) is 4.80. The fraction of sp³-hybridized carbons (Fsp3) is 0.200. The second kappa shape index (κ2) is 4.44. The first kappa shape index (κ1) is 12.8. The third-order valence-electron chi connectivity index (χ3n) is 3.44. The van der Waals surface area contributed by atoms with Crippen LogP contribution in [0.5, 0.6) is 0 Å². The maximum atomic E-state index is 12.6. The number of anilines is 3. The lowest BCUT2D eigenvalue weighted by Crippen LogP contribution is -2.24. The van der Waals surface area contributed by atoms with Gasteiger partial charge in [0.2, 0.25) is 0 Å². The van der Waals surface area contributed by atoms with E-state index in [1.165, 1.54) is 12.1 Å². The highest BCUT2D eigenvalue weighted by Crippen LogP contribution is 2.40. The number of para-hydroxylation sites is 2. The van der Waals surface area contributed by atoms with Gasteiger partial charge in [0, 0.05) is 12.7 Å². The summed E-state index contributed by atoms with van der Waals surface area (Å²) in [6, 6.07) is 13.1. The van der Waals surface area contributed by atoms with Crippen LogP contribution in [0, 0.1) is 0 Å². The molecule has 0 N–H and O–H groups in total. The molecule has 1 aliphatic rings. The van der Waals surface area contributed by atoms with Gasteiger partial charge in [-0.05, 0) is 36.4 Å². The van der Waals surface area contributed by atoms with Crippen molar-refractivity contribution in [3.8, 4) is 0 Å². The van der Waals surface area contributed by atoms with Crippen LogP contribution in [0.4, 0.5) is 30.2 Å². The quantitative estimate of drug-likeness (QED) is 0.769. The van der Waals surface area contributed by atoms with E-state index in [0.717, 1.165) is 29.2 Å². The predicted octanol–water partition coefficient (Wildman–Crippen LogP) is 4.25. The maximum absolute atomic E-state index is 12.6. The van der Waals surface area contributed by atoms with Gasteiger partial charge in [0.1, 0.15) is 0 Å². The molecule has 0 aromatic heterocycles. The van der Waals surface area contributed by atoms with Crippen LogP contribution in [-0.4, -0.2) is 13.7 Å². The summed E-state index contributed by atoms with van der Waals surface area (Å²) in [4.78, 5) is 4.06. The highest BCUT2D eigenvalue weighted by Gasteiger charge is 2.31. The fourth-order valence-electron chi connectivity index (χ4n) is 2.43. The van der Waals surface area contributed by atoms with Crippen molar-refractivity contribution < 1.29 is 13.2 Å². The maximum Gasteiger partial charge on any atom is 0.416 e. The molecular weight excluding hydrogens is 265 g/mol. The van der Waals surface area contributed by atoms with E-state index in [-0.39, 0.29) is 0 Å². The molecule has 2 nitrogen and oxygen atoms in total. The topological polar surface area (TPSA) is 6.48 Å². The van der Waals surface area contributed by atoms with Gasteiger partial charge in [-0.2, -0.15) is 13.2 Å². The molecule has 0 saturated carbocycles. The summed E-state index contributed by atoms with van der Waals surface area (Å²) in [7, 11) is 1.96. The zero-order valence-electron chi connectivity index (χ0n) is 10.9. The van der Waals surface area contributed by atoms with E-state index in [0.29, 0.717) is 6.67 Å². The number of alkyl halides is 3. The van der Waals surface area contributed by atoms with E-state index < -0.39 is 11.7 Å². The Balaban J connectivity index is 1.95. The molecule has 0 fully saturated rings. The van der Waals surface area contributed by atoms with Crippen molar-refractivity contribution in [2.24, 2.45) is 0 Å². The van der Waals surface area contributed by atoms with Crippen LogP contribution < -0.4 is 9.80 Å². The van der Waals surface area contributed by atoms with E-state index >= 15 is 0 Å². The van der Waals surface area contributed by atoms with Gasteiger partial charge in [-0.25, -0.2) is 0 Å². The Bertz CT molecular complexity index is 620. The van der Waals surface area contributed by atoms with Gasteiger partial charge in [-0.15, -0.1) is 0 Å². The summed E-state index contributed by atoms with van der Waals surface area (Å²) >= 11 is 0. The molecule has 1 aliphatic heterocycles. The molecule has 2 aromatic carbocycles. The molecule has 0 aliphatic carbocycles. The largest absolute Gasteiger partial charge is 0.416 e. The van der Waals surface area contributed by atoms with Gasteiger partial charge in [0.15, 0.2) is 0 Å². The van der Waals surface area contributed by atoms with E-state index in [1.807, 2.05) is 36.2 Å². The number of halogens is 3. The average molecular weight is 278 g/mol. The minimum absolute atomic E-state index is 0.623. The van der Waals surface area contributed by atoms with Gasteiger partial charge in [0.25, 0.3) is 0 Å². The van der Waals surface area contributed by atoms with E-state index in [4.69, 9.17) is 0 Å². The average Bonchev–Trinajstić information content (AvgIpc) is 2.76. The van der Waals surface area contributed by atoms with Crippen molar-refractivity contribution in [1.82, 2.24) is 0 Å². The number of benzene rings is 2. The summed E-state index contributed by atoms with van der Waals surface area (Å²) in [6.45, 7) is 0.630. The van der Waals surface area contributed by atoms with Crippen LogP contribution in [0.25, 0.3) is 0 Å². The minimum atomic E-state index is -4.29. The monoisotopic (exact) mass is 278 g/mol. The lowest BCUT2D eigenvalue weighted by molar-refractivity contribution is -0.137. The number of rotatable bonds is 1. The van der Waals surface area contributed by atoms with Crippen molar-refractivity contribution in [3.05, 3.63) is 54.1 Å². The Kier molecular flexibility index (Phi) is 2.85. The first-order valence-electron chi connectivity index (χ1n) is 6.22. The zero-order chi connectivity index (χ0) is 14.3. The molecule has 1 heterocycles. The summed E-state index contributed by atoms with van der Waals surface area (Å²) in [6.07, 6.45) is -4.29. The highest BCUT2D eigenvalue weighted by molar-refractivity contribution is 5.81. The molecule has 104 valence electrons. The molecule has 0 radical (unpaired) electrons. The van der Waals surface area contributed by atoms with E-state index in [1.54, 1.807) is 0 Å². The normalized spacial score (nSPS) is 14.6. The summed E-state index contributed by atoms with van der Waals surface area (Å²) in [5.41, 5.74) is 2.22. The Morgan fingerprint density at radius 1 is 0.900 bits per heavy atom. The highest BCUT2D eigenvalue weighted by atomic mass is 19.4. The smallest absolute Gasteiger partial charge is 0.355 e. The first-order valence-corrected chi connectivity index (χ1v) is 6.22. The zero-order valence-corrected chi connectivity index (χ0v) is 10.9. The first-order chi connectivity index (χ1) is 9.47. The Labute approximate surface area is 115 Å². The molecule has 20 heavy (non-hydrogen) atoms. The van der Waals surface area contributed by atoms with Gasteiger partial charge in [-0.3, -0.25) is 0 Å². The fourth-order valence-corrected chi connectivity index (χ4v) is 2.43. The molecule has 0 atom stereocenters. The third kappa shape index (κ3) is 2.09. The standard InChI is InChI=1S/C15H13F3N2/c1-19-10-20(14-5-3-2-4-13(14)19)12-8-6-11(7-9-12)15(16,17)18/h2-9H,10H2,1H3. The molecule has 2 aromatic rings. The van der Waals surface area contributed by atoms with Gasteiger partial charge in [-0.1, -0.05) is 12.1 Å². The third-order valence-corrected chi connectivity index (χ3v) is 3.44. The van der Waals surface area contributed by atoms with Crippen molar-refractivity contribution in [1.29, 1.82) is 0 Å². The summed E-state index contributed by atoms with van der Waals surface area (Å²) < 4.78 is 37.7. The van der Waals surface area contributed by atoms with Crippen molar-refractivity contribution in [2.45, 2.75) is 6.18 Å². The molecule has 5 heteroatoms. The Morgan fingerprint density at radius 2 is 1.50 bits per heavy atom. The van der Waals surface area contributed by atoms with Crippen molar-refractivity contribution in [3.63, 3.8) is 0 Å². The SMILES string of the molecule is CN1CN(c2ccc(C(F)(F)F)cc2)c2ccccc21. The second-order valence-corrected chi connectivity index (χ2v) is 4.80. The molecule has 3 rings (SSSR count). The lowest BCUT2D eigenvalue weighted by atomic mass is 10.2. The minimum Gasteiger partial charge on any atom is -0.355 e. The van der Waals surface area contributed by atoms with Crippen LogP contribution in [0.15, 0.2) is 48.5 Å². The van der Waals surface area contributed by atoms with Gasteiger partial charge < -0.3 is 9.80 Å².